The molecule has 1 aliphatic heterocycles. The van der Waals surface area contributed by atoms with Crippen molar-refractivity contribution in [2.24, 2.45) is 5.41 Å². The number of aliphatic hydroxyl groups excluding tert-OH is 1. The van der Waals surface area contributed by atoms with Gasteiger partial charge in [0.1, 0.15) is 5.82 Å². The lowest BCUT2D eigenvalue weighted by Crippen LogP contribution is -2.47. The molecule has 2 atom stereocenters. The van der Waals surface area contributed by atoms with Gasteiger partial charge < -0.3 is 20.6 Å². The van der Waals surface area contributed by atoms with E-state index in [9.17, 15) is 9.90 Å². The molecule has 2 amide bonds. The van der Waals surface area contributed by atoms with Crippen molar-refractivity contribution < 1.29 is 9.90 Å². The molecule has 0 saturated carbocycles. The molecule has 1 fully saturated rings. The molecule has 1 saturated heterocycles. The molecule has 0 aliphatic carbocycles. The van der Waals surface area contributed by atoms with Crippen LogP contribution in [0.3, 0.4) is 0 Å². The van der Waals surface area contributed by atoms with Crippen molar-refractivity contribution in [1.82, 2.24) is 15.6 Å². The van der Waals surface area contributed by atoms with Crippen LogP contribution in [0.1, 0.15) is 27.2 Å². The number of carbonyl (C=O) groups excluding carboxylic acids is 1. The number of aliphatic hydroxyl groups is 1. The van der Waals surface area contributed by atoms with E-state index in [0.717, 1.165) is 25.3 Å². The summed E-state index contributed by atoms with van der Waals surface area (Å²) in [5, 5.41) is 15.6. The van der Waals surface area contributed by atoms with Crippen molar-refractivity contribution in [3.8, 4) is 0 Å². The SMILES string of the molecule is CC(C)(C)C(O)CNC(=O)NC1CCN(c2ccccn2)C1. The number of nitrogens with zero attached hydrogens (tertiary/aromatic N) is 2. The van der Waals surface area contributed by atoms with Gasteiger partial charge in [0.15, 0.2) is 0 Å². The molecule has 0 aromatic carbocycles. The van der Waals surface area contributed by atoms with Crippen LogP contribution < -0.4 is 15.5 Å². The zero-order chi connectivity index (χ0) is 16.2. The summed E-state index contributed by atoms with van der Waals surface area (Å²) in [6, 6.07) is 5.71. The quantitative estimate of drug-likeness (QED) is 0.785. The molecule has 6 nitrogen and oxygen atoms in total. The molecule has 1 aliphatic rings. The van der Waals surface area contributed by atoms with Gasteiger partial charge in [0.25, 0.3) is 0 Å². The monoisotopic (exact) mass is 306 g/mol. The number of aromatic nitrogens is 1. The minimum Gasteiger partial charge on any atom is -0.391 e. The van der Waals surface area contributed by atoms with Crippen LogP contribution in [0.4, 0.5) is 10.6 Å². The second-order valence-corrected chi connectivity index (χ2v) is 6.86. The van der Waals surface area contributed by atoms with Crippen LogP contribution in [0.25, 0.3) is 0 Å². The number of rotatable bonds is 4. The Hall–Kier alpha value is -1.82. The van der Waals surface area contributed by atoms with E-state index >= 15 is 0 Å². The second kappa shape index (κ2) is 6.96. The maximum Gasteiger partial charge on any atom is 0.315 e. The third-order valence-corrected chi connectivity index (χ3v) is 3.95. The Morgan fingerprint density at radius 1 is 1.50 bits per heavy atom. The van der Waals surface area contributed by atoms with Gasteiger partial charge in [-0.05, 0) is 24.0 Å². The molecule has 1 aromatic heterocycles. The highest BCUT2D eigenvalue weighted by atomic mass is 16.3. The molecule has 2 heterocycles. The first kappa shape index (κ1) is 16.5. The van der Waals surface area contributed by atoms with Crippen LogP contribution >= 0.6 is 0 Å². The minimum absolute atomic E-state index is 0.105. The lowest BCUT2D eigenvalue weighted by atomic mass is 9.89. The number of hydrogen-bond donors (Lipinski definition) is 3. The standard InChI is InChI=1S/C16H26N4O2/c1-16(2,3)13(21)10-18-15(22)19-12-7-9-20(11-12)14-6-4-5-8-17-14/h4-6,8,12-13,21H,7,9-11H2,1-3H3,(H2,18,19,22). The molecule has 6 heteroatoms. The minimum atomic E-state index is -0.563. The first-order valence-corrected chi connectivity index (χ1v) is 7.74. The van der Waals surface area contributed by atoms with E-state index in [4.69, 9.17) is 0 Å². The summed E-state index contributed by atoms with van der Waals surface area (Å²) in [7, 11) is 0. The van der Waals surface area contributed by atoms with Gasteiger partial charge in [-0.15, -0.1) is 0 Å². The van der Waals surface area contributed by atoms with Crippen molar-refractivity contribution >= 4 is 11.8 Å². The molecule has 0 bridgehead atoms. The van der Waals surface area contributed by atoms with Gasteiger partial charge in [-0.1, -0.05) is 26.8 Å². The van der Waals surface area contributed by atoms with Crippen molar-refractivity contribution in [3.05, 3.63) is 24.4 Å². The first-order valence-electron chi connectivity index (χ1n) is 7.74. The summed E-state index contributed by atoms with van der Waals surface area (Å²) in [5.41, 5.74) is -0.240. The molecular weight excluding hydrogens is 280 g/mol. The average molecular weight is 306 g/mol. The highest BCUT2D eigenvalue weighted by molar-refractivity contribution is 5.74. The van der Waals surface area contributed by atoms with Crippen LogP contribution in [-0.2, 0) is 0 Å². The Kier molecular flexibility index (Phi) is 5.24. The van der Waals surface area contributed by atoms with Gasteiger partial charge in [0.2, 0.25) is 0 Å². The van der Waals surface area contributed by atoms with Crippen LogP contribution in [-0.4, -0.2) is 47.9 Å². The Bertz CT molecular complexity index is 487. The third-order valence-electron chi connectivity index (χ3n) is 3.95. The smallest absolute Gasteiger partial charge is 0.315 e. The normalized spacial score (nSPS) is 19.8. The number of anilines is 1. The van der Waals surface area contributed by atoms with E-state index in [0.29, 0.717) is 0 Å². The van der Waals surface area contributed by atoms with E-state index in [-0.39, 0.29) is 24.0 Å². The number of pyridine rings is 1. The summed E-state index contributed by atoms with van der Waals surface area (Å²) in [4.78, 5) is 18.4. The molecule has 1 aromatic rings. The van der Waals surface area contributed by atoms with Crippen LogP contribution in [0.5, 0.6) is 0 Å². The van der Waals surface area contributed by atoms with Crippen molar-refractivity contribution in [1.29, 1.82) is 0 Å². The van der Waals surface area contributed by atoms with E-state index in [1.165, 1.54) is 0 Å². The number of amides is 2. The van der Waals surface area contributed by atoms with E-state index in [1.807, 2.05) is 39.0 Å². The van der Waals surface area contributed by atoms with Gasteiger partial charge in [0.05, 0.1) is 6.10 Å². The molecule has 2 rings (SSSR count). The number of urea groups is 1. The molecule has 2 unspecified atom stereocenters. The summed E-state index contributed by atoms with van der Waals surface area (Å²) in [6.45, 7) is 7.72. The predicted molar refractivity (Wildman–Crippen MR) is 86.9 cm³/mol. The average Bonchev–Trinajstić information content (AvgIpc) is 2.93. The summed E-state index contributed by atoms with van der Waals surface area (Å²) < 4.78 is 0. The maximum atomic E-state index is 11.9. The summed E-state index contributed by atoms with van der Waals surface area (Å²) >= 11 is 0. The van der Waals surface area contributed by atoms with Crippen molar-refractivity contribution in [3.63, 3.8) is 0 Å². The lowest BCUT2D eigenvalue weighted by Gasteiger charge is -2.26. The Labute approximate surface area is 131 Å². The van der Waals surface area contributed by atoms with Gasteiger partial charge in [0, 0.05) is 31.9 Å². The van der Waals surface area contributed by atoms with Crippen LogP contribution in [0.15, 0.2) is 24.4 Å². The predicted octanol–water partition coefficient (Wildman–Crippen LogP) is 1.37. The topological polar surface area (TPSA) is 77.5 Å². The fourth-order valence-corrected chi connectivity index (χ4v) is 2.36. The highest BCUT2D eigenvalue weighted by Crippen LogP contribution is 2.18. The van der Waals surface area contributed by atoms with Gasteiger partial charge in [-0.25, -0.2) is 9.78 Å². The summed E-state index contributed by atoms with van der Waals surface area (Å²) in [6.07, 6.45) is 2.11. The molecule has 0 spiro atoms. The zero-order valence-corrected chi connectivity index (χ0v) is 13.5. The highest BCUT2D eigenvalue weighted by Gasteiger charge is 2.26. The largest absolute Gasteiger partial charge is 0.391 e. The summed E-state index contributed by atoms with van der Waals surface area (Å²) in [5.74, 6) is 0.940. The first-order chi connectivity index (χ1) is 10.4. The zero-order valence-electron chi connectivity index (χ0n) is 13.5. The van der Waals surface area contributed by atoms with Gasteiger partial charge >= 0.3 is 6.03 Å². The van der Waals surface area contributed by atoms with Crippen LogP contribution in [0, 0.1) is 5.41 Å². The molecule has 22 heavy (non-hydrogen) atoms. The second-order valence-electron chi connectivity index (χ2n) is 6.86. The van der Waals surface area contributed by atoms with Crippen molar-refractivity contribution in [2.45, 2.75) is 39.3 Å². The molecular formula is C16H26N4O2. The Morgan fingerprint density at radius 2 is 2.27 bits per heavy atom. The number of nitrogens with one attached hydrogen (secondary N) is 2. The molecule has 0 radical (unpaired) electrons. The van der Waals surface area contributed by atoms with Gasteiger partial charge in [-0.2, -0.15) is 0 Å². The number of hydrogen-bond acceptors (Lipinski definition) is 4. The van der Waals surface area contributed by atoms with E-state index in [1.54, 1.807) is 6.20 Å². The third kappa shape index (κ3) is 4.59. The maximum absolute atomic E-state index is 11.9. The molecule has 3 N–H and O–H groups in total. The van der Waals surface area contributed by atoms with E-state index in [2.05, 4.69) is 20.5 Å². The molecule has 122 valence electrons. The number of carbonyl (C=O) groups is 1. The Morgan fingerprint density at radius 3 is 2.91 bits per heavy atom. The van der Waals surface area contributed by atoms with Gasteiger partial charge in [-0.3, -0.25) is 0 Å². The lowest BCUT2D eigenvalue weighted by molar-refractivity contribution is 0.0649. The van der Waals surface area contributed by atoms with E-state index < -0.39 is 6.10 Å². The van der Waals surface area contributed by atoms with Crippen LogP contribution in [0.2, 0.25) is 0 Å². The fraction of sp³-hybridized carbons (Fsp3) is 0.625. The fourth-order valence-electron chi connectivity index (χ4n) is 2.36. The van der Waals surface area contributed by atoms with Crippen molar-refractivity contribution in [2.75, 3.05) is 24.5 Å². The Balaban J connectivity index is 1.75.